The van der Waals surface area contributed by atoms with Gasteiger partial charge in [-0.1, -0.05) is 27.2 Å². The molecule has 1 atom stereocenters. The first-order chi connectivity index (χ1) is 7.07. The highest BCUT2D eigenvalue weighted by Crippen LogP contribution is 1.96. The van der Waals surface area contributed by atoms with Gasteiger partial charge in [-0.2, -0.15) is 0 Å². The number of nitrogens with two attached hydrogens (primary N) is 1. The van der Waals surface area contributed by atoms with Gasteiger partial charge >= 0.3 is 5.97 Å². The molecule has 0 heterocycles. The Kier molecular flexibility index (Phi) is 8.33. The molecule has 0 aliphatic rings. The molecule has 0 fully saturated rings. The van der Waals surface area contributed by atoms with E-state index < -0.39 is 6.04 Å². The quantitative estimate of drug-likeness (QED) is 0.492. The van der Waals surface area contributed by atoms with Crippen LogP contribution in [0.5, 0.6) is 0 Å². The van der Waals surface area contributed by atoms with Crippen molar-refractivity contribution in [2.24, 2.45) is 11.7 Å². The minimum Gasteiger partial charge on any atom is -0.462 e. The van der Waals surface area contributed by atoms with Gasteiger partial charge in [0.05, 0.1) is 6.61 Å². The van der Waals surface area contributed by atoms with Crippen LogP contribution in [-0.2, 0) is 14.3 Å². The Morgan fingerprint density at radius 2 is 2.00 bits per heavy atom. The zero-order chi connectivity index (χ0) is 11.7. The summed E-state index contributed by atoms with van der Waals surface area (Å²) >= 11 is 0. The molecule has 0 bridgehead atoms. The molecule has 15 heavy (non-hydrogen) atoms. The minimum atomic E-state index is -0.486. The van der Waals surface area contributed by atoms with Crippen molar-refractivity contribution >= 4 is 5.97 Å². The normalized spacial score (nSPS) is 12.9. The van der Waals surface area contributed by atoms with E-state index in [0.717, 1.165) is 6.42 Å². The first-order valence-corrected chi connectivity index (χ1v) is 5.57. The van der Waals surface area contributed by atoms with Crippen LogP contribution in [0.1, 0.15) is 33.6 Å². The molecule has 1 unspecified atom stereocenters. The van der Waals surface area contributed by atoms with Gasteiger partial charge in [0.15, 0.2) is 0 Å². The molecule has 2 N–H and O–H groups in total. The highest BCUT2D eigenvalue weighted by Gasteiger charge is 2.13. The molecule has 0 saturated heterocycles. The van der Waals surface area contributed by atoms with Crippen molar-refractivity contribution in [1.29, 1.82) is 0 Å². The standard InChI is InChI=1S/C11H23NO3/c1-4-5-10(12)11(13)15-7-6-14-8-9(2)3/h9-10H,4-8,12H2,1-3H3. The summed E-state index contributed by atoms with van der Waals surface area (Å²) in [5, 5.41) is 0. The van der Waals surface area contributed by atoms with Crippen LogP contribution in [0.4, 0.5) is 0 Å². The SMILES string of the molecule is CCCC(N)C(=O)OCCOCC(C)C. The number of carbonyl (C=O) groups excluding carboxylic acids is 1. The number of ether oxygens (including phenoxy) is 2. The van der Waals surface area contributed by atoms with Gasteiger partial charge in [0, 0.05) is 6.61 Å². The van der Waals surface area contributed by atoms with Crippen LogP contribution in [0.25, 0.3) is 0 Å². The largest absolute Gasteiger partial charge is 0.462 e. The van der Waals surface area contributed by atoms with E-state index in [1.165, 1.54) is 0 Å². The molecule has 4 nitrogen and oxygen atoms in total. The molecule has 0 spiro atoms. The zero-order valence-electron chi connectivity index (χ0n) is 9.99. The third kappa shape index (κ3) is 8.39. The lowest BCUT2D eigenvalue weighted by Gasteiger charge is -2.11. The van der Waals surface area contributed by atoms with Crippen molar-refractivity contribution in [3.63, 3.8) is 0 Å². The highest BCUT2D eigenvalue weighted by atomic mass is 16.6. The monoisotopic (exact) mass is 217 g/mol. The summed E-state index contributed by atoms with van der Waals surface area (Å²) in [6.45, 7) is 7.57. The second kappa shape index (κ2) is 8.68. The molecule has 0 aliphatic carbocycles. The molecule has 0 aromatic heterocycles. The van der Waals surface area contributed by atoms with E-state index in [4.69, 9.17) is 15.2 Å². The predicted octanol–water partition coefficient (Wildman–Crippen LogP) is 1.33. The summed E-state index contributed by atoms with van der Waals surface area (Å²) in [5.74, 6) is 0.174. The predicted molar refractivity (Wildman–Crippen MR) is 59.5 cm³/mol. The smallest absolute Gasteiger partial charge is 0.322 e. The number of esters is 1. The molecule has 0 aliphatic heterocycles. The molecular weight excluding hydrogens is 194 g/mol. The summed E-state index contributed by atoms with van der Waals surface area (Å²) in [4.78, 5) is 11.2. The molecule has 90 valence electrons. The lowest BCUT2D eigenvalue weighted by atomic mass is 10.2. The van der Waals surface area contributed by atoms with Crippen molar-refractivity contribution in [1.82, 2.24) is 0 Å². The summed E-state index contributed by atoms with van der Waals surface area (Å²) < 4.78 is 10.2. The number of rotatable bonds is 8. The van der Waals surface area contributed by atoms with Gasteiger partial charge in [-0.15, -0.1) is 0 Å². The summed E-state index contributed by atoms with van der Waals surface area (Å²) in [7, 11) is 0. The number of carbonyl (C=O) groups is 1. The second-order valence-corrected chi connectivity index (χ2v) is 4.03. The fraction of sp³-hybridized carbons (Fsp3) is 0.909. The highest BCUT2D eigenvalue weighted by molar-refractivity contribution is 5.75. The van der Waals surface area contributed by atoms with Crippen molar-refractivity contribution in [2.45, 2.75) is 39.7 Å². The lowest BCUT2D eigenvalue weighted by molar-refractivity contribution is -0.147. The van der Waals surface area contributed by atoms with Crippen LogP contribution in [0.2, 0.25) is 0 Å². The Hall–Kier alpha value is -0.610. The Morgan fingerprint density at radius 3 is 2.53 bits per heavy atom. The summed E-state index contributed by atoms with van der Waals surface area (Å²) in [6, 6.07) is -0.486. The second-order valence-electron chi connectivity index (χ2n) is 4.03. The average molecular weight is 217 g/mol. The first kappa shape index (κ1) is 14.4. The molecule has 0 amide bonds. The lowest BCUT2D eigenvalue weighted by Crippen LogP contribution is -2.32. The van der Waals surface area contributed by atoms with Gasteiger partial charge in [-0.3, -0.25) is 4.79 Å². The molecule has 0 saturated carbocycles. The summed E-state index contributed by atoms with van der Waals surface area (Å²) in [6.07, 6.45) is 1.56. The van der Waals surface area contributed by atoms with Crippen molar-refractivity contribution in [3.8, 4) is 0 Å². The van der Waals surface area contributed by atoms with Gasteiger partial charge in [0.25, 0.3) is 0 Å². The third-order valence-corrected chi connectivity index (χ3v) is 1.83. The van der Waals surface area contributed by atoms with E-state index in [1.54, 1.807) is 0 Å². The third-order valence-electron chi connectivity index (χ3n) is 1.83. The van der Waals surface area contributed by atoms with Gasteiger partial charge in [0.1, 0.15) is 12.6 Å². The Balaban J connectivity index is 3.38. The Bertz CT molecular complexity index is 171. The fourth-order valence-corrected chi connectivity index (χ4v) is 1.06. The van der Waals surface area contributed by atoms with E-state index in [0.29, 0.717) is 32.2 Å². The van der Waals surface area contributed by atoms with E-state index >= 15 is 0 Å². The molecule has 4 heteroatoms. The fourth-order valence-electron chi connectivity index (χ4n) is 1.06. The average Bonchev–Trinajstić information content (AvgIpc) is 2.16. The maximum absolute atomic E-state index is 11.2. The van der Waals surface area contributed by atoms with Gasteiger partial charge in [-0.05, 0) is 12.3 Å². The van der Waals surface area contributed by atoms with Gasteiger partial charge in [0.2, 0.25) is 0 Å². The Labute approximate surface area is 92.1 Å². The molecule has 0 radical (unpaired) electrons. The van der Waals surface area contributed by atoms with Crippen LogP contribution >= 0.6 is 0 Å². The maximum atomic E-state index is 11.2. The molecular formula is C11H23NO3. The molecule has 0 aromatic carbocycles. The first-order valence-electron chi connectivity index (χ1n) is 5.57. The number of hydrogen-bond acceptors (Lipinski definition) is 4. The van der Waals surface area contributed by atoms with E-state index in [2.05, 4.69) is 13.8 Å². The van der Waals surface area contributed by atoms with Crippen LogP contribution in [-0.4, -0.2) is 31.8 Å². The van der Waals surface area contributed by atoms with Crippen molar-refractivity contribution in [2.75, 3.05) is 19.8 Å². The molecule has 0 rings (SSSR count). The van der Waals surface area contributed by atoms with E-state index in [1.807, 2.05) is 6.92 Å². The van der Waals surface area contributed by atoms with Crippen LogP contribution < -0.4 is 5.73 Å². The van der Waals surface area contributed by atoms with Crippen LogP contribution in [0.3, 0.4) is 0 Å². The Morgan fingerprint density at radius 1 is 1.33 bits per heavy atom. The topological polar surface area (TPSA) is 61.6 Å². The summed E-state index contributed by atoms with van der Waals surface area (Å²) in [5.41, 5.74) is 5.58. The van der Waals surface area contributed by atoms with Crippen molar-refractivity contribution in [3.05, 3.63) is 0 Å². The maximum Gasteiger partial charge on any atom is 0.322 e. The number of hydrogen-bond donors (Lipinski definition) is 1. The van der Waals surface area contributed by atoms with E-state index in [-0.39, 0.29) is 5.97 Å². The van der Waals surface area contributed by atoms with Crippen molar-refractivity contribution < 1.29 is 14.3 Å². The van der Waals surface area contributed by atoms with Crippen LogP contribution in [0, 0.1) is 5.92 Å². The molecule has 0 aromatic rings. The van der Waals surface area contributed by atoms with E-state index in [9.17, 15) is 4.79 Å². The van der Waals surface area contributed by atoms with Gasteiger partial charge < -0.3 is 15.2 Å². The van der Waals surface area contributed by atoms with Crippen LogP contribution in [0.15, 0.2) is 0 Å². The van der Waals surface area contributed by atoms with Gasteiger partial charge in [-0.25, -0.2) is 0 Å². The minimum absolute atomic E-state index is 0.295. The zero-order valence-corrected chi connectivity index (χ0v) is 9.99.